The highest BCUT2D eigenvalue weighted by Gasteiger charge is 2.09. The molecule has 0 unspecified atom stereocenters. The number of nitrogens with zero attached hydrogens (tertiary/aromatic N) is 3. The van der Waals surface area contributed by atoms with E-state index in [1.54, 1.807) is 5.38 Å². The second-order valence-electron chi connectivity index (χ2n) is 2.69. The van der Waals surface area contributed by atoms with Gasteiger partial charge in [-0.05, 0) is 0 Å². The highest BCUT2D eigenvalue weighted by molar-refractivity contribution is 7.13. The van der Waals surface area contributed by atoms with Crippen LogP contribution < -0.4 is 11.1 Å². The van der Waals surface area contributed by atoms with E-state index in [1.165, 1.54) is 17.7 Å². The largest absolute Gasteiger partial charge is 0.375 e. The molecular weight excluding hydrogens is 216 g/mol. The van der Waals surface area contributed by atoms with Crippen molar-refractivity contribution in [2.24, 2.45) is 0 Å². The molecule has 0 aliphatic carbocycles. The Bertz CT molecular complexity index is 450. The lowest BCUT2D eigenvalue weighted by Gasteiger charge is -1.98. The van der Waals surface area contributed by atoms with Crippen molar-refractivity contribution in [2.45, 2.75) is 6.54 Å². The number of rotatable bonds is 3. The molecule has 0 aromatic carbocycles. The summed E-state index contributed by atoms with van der Waals surface area (Å²) >= 11 is 1.23. The topological polar surface area (TPSA) is 110 Å². The maximum atomic E-state index is 11.5. The van der Waals surface area contributed by atoms with E-state index in [4.69, 9.17) is 5.73 Å². The Balaban J connectivity index is 1.93. The number of aromatic amines is 1. The van der Waals surface area contributed by atoms with E-state index in [-0.39, 0.29) is 12.5 Å². The first-order chi connectivity index (χ1) is 7.25. The van der Waals surface area contributed by atoms with Gasteiger partial charge >= 0.3 is 0 Å². The van der Waals surface area contributed by atoms with Gasteiger partial charge in [-0.3, -0.25) is 9.89 Å². The van der Waals surface area contributed by atoms with Crippen molar-refractivity contribution < 1.29 is 4.79 Å². The van der Waals surface area contributed by atoms with Gasteiger partial charge in [0.05, 0.1) is 6.54 Å². The molecule has 0 aliphatic rings. The molecule has 0 fully saturated rings. The van der Waals surface area contributed by atoms with Gasteiger partial charge in [0, 0.05) is 5.38 Å². The monoisotopic (exact) mass is 224 g/mol. The van der Waals surface area contributed by atoms with E-state index >= 15 is 0 Å². The number of hydrogen-bond acceptors (Lipinski definition) is 6. The van der Waals surface area contributed by atoms with Crippen molar-refractivity contribution in [3.63, 3.8) is 0 Å². The molecule has 0 spiro atoms. The standard InChI is InChI=1S/C7H8N6OS/c8-7-12-4(2-15-7)6(14)9-1-5-10-3-11-13-5/h2-3H,1H2,(H2,8,12)(H,9,14)(H,10,11,13). The maximum absolute atomic E-state index is 11.5. The number of nitrogens with two attached hydrogens (primary N) is 1. The Morgan fingerprint density at radius 3 is 3.13 bits per heavy atom. The number of aromatic nitrogens is 4. The van der Waals surface area contributed by atoms with E-state index in [2.05, 4.69) is 25.5 Å². The van der Waals surface area contributed by atoms with Gasteiger partial charge in [-0.15, -0.1) is 11.3 Å². The van der Waals surface area contributed by atoms with Crippen molar-refractivity contribution in [1.82, 2.24) is 25.5 Å². The number of thiazole rings is 1. The third kappa shape index (κ3) is 2.29. The fourth-order valence-electron chi connectivity index (χ4n) is 0.962. The Kier molecular flexibility index (Phi) is 2.59. The molecule has 8 heteroatoms. The van der Waals surface area contributed by atoms with Crippen LogP contribution in [0.4, 0.5) is 5.13 Å². The predicted octanol–water partition coefficient (Wildman–Crippen LogP) is -0.227. The normalized spacial score (nSPS) is 10.1. The fraction of sp³-hybridized carbons (Fsp3) is 0.143. The van der Waals surface area contributed by atoms with Gasteiger partial charge in [0.15, 0.2) is 5.13 Å². The Morgan fingerprint density at radius 1 is 1.67 bits per heavy atom. The van der Waals surface area contributed by atoms with Gasteiger partial charge in [-0.1, -0.05) is 0 Å². The molecule has 4 N–H and O–H groups in total. The van der Waals surface area contributed by atoms with Gasteiger partial charge in [0.2, 0.25) is 0 Å². The lowest BCUT2D eigenvalue weighted by atomic mass is 10.4. The highest BCUT2D eigenvalue weighted by atomic mass is 32.1. The summed E-state index contributed by atoms with van der Waals surface area (Å²) in [5, 5.41) is 10.9. The van der Waals surface area contributed by atoms with Gasteiger partial charge in [-0.25, -0.2) is 9.97 Å². The van der Waals surface area contributed by atoms with Crippen molar-refractivity contribution in [1.29, 1.82) is 0 Å². The van der Waals surface area contributed by atoms with E-state index in [1.807, 2.05) is 0 Å². The molecule has 0 saturated heterocycles. The molecule has 0 saturated carbocycles. The zero-order valence-electron chi connectivity index (χ0n) is 7.60. The lowest BCUT2D eigenvalue weighted by Crippen LogP contribution is -2.23. The third-order valence-electron chi connectivity index (χ3n) is 1.64. The number of anilines is 1. The Morgan fingerprint density at radius 2 is 2.53 bits per heavy atom. The van der Waals surface area contributed by atoms with Crippen LogP contribution in [0.25, 0.3) is 0 Å². The van der Waals surface area contributed by atoms with Crippen LogP contribution in [-0.4, -0.2) is 26.1 Å². The smallest absolute Gasteiger partial charge is 0.271 e. The predicted molar refractivity (Wildman–Crippen MR) is 54.1 cm³/mol. The Labute approximate surface area is 88.7 Å². The zero-order valence-corrected chi connectivity index (χ0v) is 8.41. The second kappa shape index (κ2) is 4.05. The quantitative estimate of drug-likeness (QED) is 0.667. The molecular formula is C7H8N6OS. The zero-order chi connectivity index (χ0) is 10.7. The van der Waals surface area contributed by atoms with Crippen molar-refractivity contribution in [2.75, 3.05) is 5.73 Å². The van der Waals surface area contributed by atoms with Gasteiger partial charge in [0.25, 0.3) is 5.91 Å². The number of carbonyl (C=O) groups is 1. The van der Waals surface area contributed by atoms with Crippen LogP contribution in [-0.2, 0) is 6.54 Å². The molecule has 1 amide bonds. The van der Waals surface area contributed by atoms with Crippen LogP contribution in [0.3, 0.4) is 0 Å². The third-order valence-corrected chi connectivity index (χ3v) is 2.31. The molecule has 0 aliphatic heterocycles. The van der Waals surface area contributed by atoms with Crippen molar-refractivity contribution in [3.8, 4) is 0 Å². The van der Waals surface area contributed by atoms with Crippen molar-refractivity contribution in [3.05, 3.63) is 23.2 Å². The molecule has 15 heavy (non-hydrogen) atoms. The van der Waals surface area contributed by atoms with Crippen molar-refractivity contribution >= 4 is 22.4 Å². The first kappa shape index (κ1) is 9.59. The van der Waals surface area contributed by atoms with Gasteiger partial charge in [-0.2, -0.15) is 5.10 Å². The minimum atomic E-state index is -0.278. The first-order valence-electron chi connectivity index (χ1n) is 4.09. The number of nitrogen functional groups attached to an aromatic ring is 1. The lowest BCUT2D eigenvalue weighted by molar-refractivity contribution is 0.0945. The summed E-state index contributed by atoms with van der Waals surface area (Å²) < 4.78 is 0. The molecule has 2 aromatic heterocycles. The summed E-state index contributed by atoms with van der Waals surface area (Å²) in [5.74, 6) is 0.311. The van der Waals surface area contributed by atoms with Crippen LogP contribution in [0.2, 0.25) is 0 Å². The van der Waals surface area contributed by atoms with Crippen LogP contribution >= 0.6 is 11.3 Å². The summed E-state index contributed by atoms with van der Waals surface area (Å²) in [7, 11) is 0. The minimum Gasteiger partial charge on any atom is -0.375 e. The summed E-state index contributed by atoms with van der Waals surface area (Å²) in [4.78, 5) is 19.2. The molecule has 0 bridgehead atoms. The highest BCUT2D eigenvalue weighted by Crippen LogP contribution is 2.10. The molecule has 2 rings (SSSR count). The number of nitrogens with one attached hydrogen (secondary N) is 2. The average molecular weight is 224 g/mol. The maximum Gasteiger partial charge on any atom is 0.271 e. The molecule has 0 atom stereocenters. The van der Waals surface area contributed by atoms with E-state index < -0.39 is 0 Å². The van der Waals surface area contributed by atoms with E-state index in [9.17, 15) is 4.79 Å². The SMILES string of the molecule is Nc1nc(C(=O)NCc2ncn[nH]2)cs1. The van der Waals surface area contributed by atoms with Crippen LogP contribution in [0.5, 0.6) is 0 Å². The molecule has 2 aromatic rings. The fourth-order valence-corrected chi connectivity index (χ4v) is 1.51. The van der Waals surface area contributed by atoms with E-state index in [0.717, 1.165) is 0 Å². The van der Waals surface area contributed by atoms with Crippen LogP contribution in [0.15, 0.2) is 11.7 Å². The van der Waals surface area contributed by atoms with Crippen LogP contribution in [0, 0.1) is 0 Å². The molecule has 2 heterocycles. The second-order valence-corrected chi connectivity index (χ2v) is 3.58. The Hall–Kier alpha value is -1.96. The van der Waals surface area contributed by atoms with Gasteiger partial charge in [0.1, 0.15) is 17.8 Å². The summed E-state index contributed by atoms with van der Waals surface area (Å²) in [5.41, 5.74) is 5.72. The number of carbonyl (C=O) groups excluding carboxylic acids is 1. The molecule has 7 nitrogen and oxygen atoms in total. The number of hydrogen-bond donors (Lipinski definition) is 3. The summed E-state index contributed by atoms with van der Waals surface area (Å²) in [6.07, 6.45) is 1.38. The van der Waals surface area contributed by atoms with Crippen LogP contribution in [0.1, 0.15) is 16.3 Å². The van der Waals surface area contributed by atoms with E-state index in [0.29, 0.717) is 16.6 Å². The number of amides is 1. The summed E-state index contributed by atoms with van der Waals surface area (Å²) in [6, 6.07) is 0. The average Bonchev–Trinajstić information content (AvgIpc) is 2.84. The first-order valence-corrected chi connectivity index (χ1v) is 4.97. The minimum absolute atomic E-state index is 0.278. The summed E-state index contributed by atoms with van der Waals surface area (Å²) in [6.45, 7) is 0.288. The molecule has 78 valence electrons. The van der Waals surface area contributed by atoms with Gasteiger partial charge < -0.3 is 11.1 Å². The number of H-pyrrole nitrogens is 1. The molecule has 0 radical (unpaired) electrons.